The average Bonchev–Trinajstić information content (AvgIpc) is 2.66. The van der Waals surface area contributed by atoms with Crippen molar-refractivity contribution < 1.29 is 24.2 Å². The summed E-state index contributed by atoms with van der Waals surface area (Å²) in [6.45, 7) is -0.862. The Morgan fingerprint density at radius 2 is 1.88 bits per heavy atom. The van der Waals surface area contributed by atoms with Crippen molar-refractivity contribution in [2.75, 3.05) is 13.2 Å². The molecule has 0 aliphatic rings. The first-order valence-corrected chi connectivity index (χ1v) is 7.48. The lowest BCUT2D eigenvalue weighted by Crippen LogP contribution is -2.34. The summed E-state index contributed by atoms with van der Waals surface area (Å²) in [5.74, 6) is -2.01. The van der Waals surface area contributed by atoms with Crippen molar-refractivity contribution >= 4 is 24.0 Å². The minimum absolute atomic E-state index is 0.263. The van der Waals surface area contributed by atoms with Crippen molar-refractivity contribution in [3.05, 3.63) is 59.9 Å². The summed E-state index contributed by atoms with van der Waals surface area (Å²) in [6.07, 6.45) is 4.24. The highest BCUT2D eigenvalue weighted by molar-refractivity contribution is 5.96. The largest absolute Gasteiger partial charge is 0.546 e. The molecule has 9 heteroatoms. The van der Waals surface area contributed by atoms with Gasteiger partial charge in [0, 0.05) is 23.5 Å². The zero-order valence-corrected chi connectivity index (χ0v) is 13.5. The van der Waals surface area contributed by atoms with Gasteiger partial charge < -0.3 is 20.0 Å². The van der Waals surface area contributed by atoms with E-state index in [9.17, 15) is 19.5 Å². The van der Waals surface area contributed by atoms with Crippen LogP contribution >= 0.6 is 0 Å². The molecule has 0 aliphatic carbocycles. The summed E-state index contributed by atoms with van der Waals surface area (Å²) in [6, 6.07) is 9.59. The highest BCUT2D eigenvalue weighted by Gasteiger charge is 2.07. The van der Waals surface area contributed by atoms with Crippen molar-refractivity contribution in [1.29, 1.82) is 0 Å². The molecule has 2 N–H and O–H groups in total. The number of nitrogens with one attached hydrogen (secondary N) is 2. The number of carbonyl (C=O) groups is 3. The Labute approximate surface area is 148 Å². The first kappa shape index (κ1) is 18.6. The topological polar surface area (TPSA) is 133 Å². The molecule has 0 fully saturated rings. The third kappa shape index (κ3) is 6.04. The van der Waals surface area contributed by atoms with Gasteiger partial charge in [-0.2, -0.15) is 5.10 Å². The van der Waals surface area contributed by atoms with E-state index in [-0.39, 0.29) is 12.3 Å². The Morgan fingerprint density at radius 1 is 1.15 bits per heavy atom. The van der Waals surface area contributed by atoms with E-state index in [4.69, 9.17) is 4.74 Å². The van der Waals surface area contributed by atoms with Crippen LogP contribution in [0.4, 0.5) is 0 Å². The standard InChI is InChI=1S/C17H16N4O5/c22-15(10-19-17(25)12-5-7-18-8-6-12)21-20-9-13-3-1-2-4-14(13)26-11-16(23)24/h1-9H,10-11H2,(H,19,25)(H,21,22)(H,23,24)/p-1/b20-9-. The molecule has 0 atom stereocenters. The number of hydrogen-bond donors (Lipinski definition) is 2. The minimum atomic E-state index is -1.35. The Morgan fingerprint density at radius 3 is 2.62 bits per heavy atom. The molecule has 26 heavy (non-hydrogen) atoms. The predicted molar refractivity (Wildman–Crippen MR) is 89.3 cm³/mol. The molecule has 0 spiro atoms. The van der Waals surface area contributed by atoms with Crippen LogP contribution in [0.5, 0.6) is 5.75 Å². The third-order valence-corrected chi connectivity index (χ3v) is 3.01. The van der Waals surface area contributed by atoms with E-state index < -0.39 is 24.4 Å². The highest BCUT2D eigenvalue weighted by Crippen LogP contribution is 2.15. The fraction of sp³-hybridized carbons (Fsp3) is 0.118. The van der Waals surface area contributed by atoms with Gasteiger partial charge in [-0.05, 0) is 24.3 Å². The molecule has 134 valence electrons. The van der Waals surface area contributed by atoms with Gasteiger partial charge in [-0.15, -0.1) is 0 Å². The first-order chi connectivity index (χ1) is 12.6. The number of ether oxygens (including phenoxy) is 1. The summed E-state index contributed by atoms with van der Waals surface area (Å²) in [4.78, 5) is 37.7. The number of aliphatic carboxylic acids is 1. The van der Waals surface area contributed by atoms with Crippen LogP contribution in [0.3, 0.4) is 0 Å². The van der Waals surface area contributed by atoms with Crippen LogP contribution in [0.1, 0.15) is 15.9 Å². The molecule has 1 aromatic heterocycles. The van der Waals surface area contributed by atoms with Crippen molar-refractivity contribution in [1.82, 2.24) is 15.7 Å². The van der Waals surface area contributed by atoms with Crippen LogP contribution in [0.2, 0.25) is 0 Å². The maximum absolute atomic E-state index is 11.8. The molecular weight excluding hydrogens is 340 g/mol. The molecule has 0 aliphatic heterocycles. The second kappa shape index (κ2) is 9.52. The number of benzene rings is 1. The van der Waals surface area contributed by atoms with Gasteiger partial charge in [0.1, 0.15) is 12.4 Å². The Bertz CT molecular complexity index is 808. The summed E-state index contributed by atoms with van der Waals surface area (Å²) >= 11 is 0. The van der Waals surface area contributed by atoms with Crippen LogP contribution in [0, 0.1) is 0 Å². The number of pyridine rings is 1. The number of hydrogen-bond acceptors (Lipinski definition) is 7. The van der Waals surface area contributed by atoms with E-state index in [0.29, 0.717) is 11.1 Å². The van der Waals surface area contributed by atoms with E-state index in [1.165, 1.54) is 30.7 Å². The van der Waals surface area contributed by atoms with Gasteiger partial charge in [-0.1, -0.05) is 12.1 Å². The number of rotatable bonds is 8. The van der Waals surface area contributed by atoms with Gasteiger partial charge in [0.15, 0.2) is 0 Å². The quantitative estimate of drug-likeness (QED) is 0.465. The van der Waals surface area contributed by atoms with Crippen molar-refractivity contribution in [2.45, 2.75) is 0 Å². The zero-order chi connectivity index (χ0) is 18.8. The SMILES string of the molecule is O=C([O-])COc1ccccc1/C=N\NC(=O)CNC(=O)c1ccncc1. The average molecular weight is 355 g/mol. The normalized spacial score (nSPS) is 10.3. The van der Waals surface area contributed by atoms with Crippen LogP contribution in [0.15, 0.2) is 53.9 Å². The fourth-order valence-electron chi connectivity index (χ4n) is 1.83. The van der Waals surface area contributed by atoms with E-state index in [1.807, 2.05) is 0 Å². The number of carboxylic acid groups (broad SMARTS) is 1. The van der Waals surface area contributed by atoms with Crippen molar-refractivity contribution in [3.63, 3.8) is 0 Å². The predicted octanol–water partition coefficient (Wildman–Crippen LogP) is -0.910. The van der Waals surface area contributed by atoms with Crippen LogP contribution in [-0.4, -0.2) is 42.1 Å². The number of aromatic nitrogens is 1. The van der Waals surface area contributed by atoms with Gasteiger partial charge in [0.05, 0.1) is 18.7 Å². The molecule has 2 aromatic rings. The van der Waals surface area contributed by atoms with E-state index >= 15 is 0 Å². The Kier molecular flexibility index (Phi) is 6.81. The second-order valence-electron chi connectivity index (χ2n) is 4.91. The smallest absolute Gasteiger partial charge is 0.259 e. The molecule has 2 rings (SSSR count). The Hall–Kier alpha value is -3.75. The summed E-state index contributed by atoms with van der Waals surface area (Å²) < 4.78 is 5.06. The molecule has 0 saturated carbocycles. The summed E-state index contributed by atoms with van der Waals surface area (Å²) in [5.41, 5.74) is 3.10. The molecular formula is C17H15N4O5-. The van der Waals surface area contributed by atoms with Crippen molar-refractivity contribution in [3.8, 4) is 5.75 Å². The zero-order valence-electron chi connectivity index (χ0n) is 13.5. The maximum atomic E-state index is 11.8. The molecule has 9 nitrogen and oxygen atoms in total. The first-order valence-electron chi connectivity index (χ1n) is 7.48. The maximum Gasteiger partial charge on any atom is 0.259 e. The lowest BCUT2D eigenvalue weighted by molar-refractivity contribution is -0.307. The molecule has 2 amide bonds. The molecule has 1 aromatic carbocycles. The van der Waals surface area contributed by atoms with Crippen LogP contribution in [0.25, 0.3) is 0 Å². The minimum Gasteiger partial charge on any atom is -0.546 e. The highest BCUT2D eigenvalue weighted by atomic mass is 16.5. The monoisotopic (exact) mass is 355 g/mol. The molecule has 0 radical (unpaired) electrons. The van der Waals surface area contributed by atoms with Gasteiger partial charge >= 0.3 is 0 Å². The van der Waals surface area contributed by atoms with Gasteiger partial charge in [-0.3, -0.25) is 14.6 Å². The van der Waals surface area contributed by atoms with Crippen LogP contribution < -0.4 is 20.6 Å². The van der Waals surface area contributed by atoms with Crippen LogP contribution in [-0.2, 0) is 9.59 Å². The van der Waals surface area contributed by atoms with E-state index in [1.54, 1.807) is 24.3 Å². The number of nitrogens with zero attached hydrogens (tertiary/aromatic N) is 2. The summed E-state index contributed by atoms with van der Waals surface area (Å²) in [5, 5.41) is 16.6. The summed E-state index contributed by atoms with van der Waals surface area (Å²) in [7, 11) is 0. The van der Waals surface area contributed by atoms with Gasteiger partial charge in [0.25, 0.3) is 11.8 Å². The number of amides is 2. The number of hydrazone groups is 1. The number of para-hydroxylation sites is 1. The lowest BCUT2D eigenvalue weighted by atomic mass is 10.2. The third-order valence-electron chi connectivity index (χ3n) is 3.01. The van der Waals surface area contributed by atoms with Gasteiger partial charge in [0.2, 0.25) is 0 Å². The molecule has 0 bridgehead atoms. The Balaban J connectivity index is 1.83. The van der Waals surface area contributed by atoms with E-state index in [2.05, 4.69) is 20.8 Å². The molecule has 0 saturated heterocycles. The molecule has 0 unspecified atom stereocenters. The number of carboxylic acids is 1. The fourth-order valence-corrected chi connectivity index (χ4v) is 1.83. The van der Waals surface area contributed by atoms with E-state index in [0.717, 1.165) is 0 Å². The second-order valence-corrected chi connectivity index (χ2v) is 4.91. The van der Waals surface area contributed by atoms with Crippen molar-refractivity contribution in [2.24, 2.45) is 5.10 Å². The van der Waals surface area contributed by atoms with Gasteiger partial charge in [-0.25, -0.2) is 5.43 Å². The number of carbonyl (C=O) groups excluding carboxylic acids is 3. The molecule has 1 heterocycles. The lowest BCUT2D eigenvalue weighted by Gasteiger charge is -2.09.